The van der Waals surface area contributed by atoms with Crippen molar-refractivity contribution in [1.82, 2.24) is 10.5 Å². The highest BCUT2D eigenvalue weighted by molar-refractivity contribution is 5.98. The first-order valence-corrected chi connectivity index (χ1v) is 7.92. The number of amides is 1. The van der Waals surface area contributed by atoms with E-state index >= 15 is 0 Å². The summed E-state index contributed by atoms with van der Waals surface area (Å²) in [6.07, 6.45) is 0. The Kier molecular flexibility index (Phi) is 5.07. The van der Waals surface area contributed by atoms with Crippen molar-refractivity contribution in [1.29, 1.82) is 0 Å². The maximum atomic E-state index is 12.2. The molecule has 0 unspecified atom stereocenters. The van der Waals surface area contributed by atoms with Crippen molar-refractivity contribution in [3.63, 3.8) is 0 Å². The van der Waals surface area contributed by atoms with Crippen LogP contribution in [0.1, 0.15) is 26.5 Å². The highest BCUT2D eigenvalue weighted by Crippen LogP contribution is 2.29. The number of phenols is 1. The summed E-state index contributed by atoms with van der Waals surface area (Å²) in [6.45, 7) is 0.0407. The molecule has 0 spiro atoms. The van der Waals surface area contributed by atoms with Gasteiger partial charge in [0.15, 0.2) is 5.76 Å². The predicted octanol–water partition coefficient (Wildman–Crippen LogP) is 2.68. The second-order valence-electron chi connectivity index (χ2n) is 5.64. The van der Waals surface area contributed by atoms with Gasteiger partial charge in [-0.1, -0.05) is 17.3 Å². The van der Waals surface area contributed by atoms with E-state index in [1.807, 2.05) is 18.2 Å². The minimum absolute atomic E-state index is 0.0249. The van der Waals surface area contributed by atoms with Crippen molar-refractivity contribution in [3.05, 3.63) is 65.4 Å². The van der Waals surface area contributed by atoms with Gasteiger partial charge in [-0.2, -0.15) is 0 Å². The molecule has 138 valence electrons. The number of nitrogens with zero attached hydrogens (tertiary/aromatic N) is 1. The van der Waals surface area contributed by atoms with Crippen molar-refractivity contribution >= 4 is 11.9 Å². The van der Waals surface area contributed by atoms with Crippen LogP contribution in [0.15, 0.2) is 53.1 Å². The fraction of sp³-hybridized carbons (Fsp3) is 0.105. The molecule has 0 aliphatic carbocycles. The number of hydrogen-bond donors (Lipinski definition) is 3. The molecule has 0 saturated heterocycles. The fourth-order valence-corrected chi connectivity index (χ4v) is 2.51. The topological polar surface area (TPSA) is 122 Å². The number of methoxy groups -OCH3 is 1. The van der Waals surface area contributed by atoms with Gasteiger partial charge >= 0.3 is 5.97 Å². The standard InChI is InChI=1S/C19H16N2O6/c1-26-17-5-3-2-4-15(17)16-9-14(27-21-16)10-20-18(23)11-6-12(19(24)25)8-13(22)7-11/h2-9,22H,10H2,1H3,(H,20,23)(H,24,25). The summed E-state index contributed by atoms with van der Waals surface area (Å²) >= 11 is 0. The van der Waals surface area contributed by atoms with Crippen molar-refractivity contribution in [2.24, 2.45) is 0 Å². The molecule has 2 aromatic carbocycles. The number of nitrogens with one attached hydrogen (secondary N) is 1. The van der Waals surface area contributed by atoms with Crippen LogP contribution in [0.3, 0.4) is 0 Å². The lowest BCUT2D eigenvalue weighted by molar-refractivity contribution is 0.0696. The number of carbonyl (C=O) groups excluding carboxylic acids is 1. The Bertz CT molecular complexity index is 995. The number of phenolic OH excluding ortho intramolecular Hbond substituents is 1. The molecular weight excluding hydrogens is 352 g/mol. The Morgan fingerprint density at radius 3 is 2.63 bits per heavy atom. The SMILES string of the molecule is COc1ccccc1-c1cc(CNC(=O)c2cc(O)cc(C(=O)O)c2)on1. The van der Waals surface area contributed by atoms with Gasteiger partial charge in [-0.15, -0.1) is 0 Å². The molecule has 1 amide bonds. The number of benzene rings is 2. The first-order chi connectivity index (χ1) is 13.0. The normalized spacial score (nSPS) is 10.4. The summed E-state index contributed by atoms with van der Waals surface area (Å²) in [6, 6.07) is 12.4. The summed E-state index contributed by atoms with van der Waals surface area (Å²) in [4.78, 5) is 23.2. The third-order valence-electron chi connectivity index (χ3n) is 3.79. The molecule has 0 aliphatic heterocycles. The van der Waals surface area contributed by atoms with Crippen molar-refractivity contribution in [2.75, 3.05) is 7.11 Å². The minimum Gasteiger partial charge on any atom is -0.508 e. The summed E-state index contributed by atoms with van der Waals surface area (Å²) < 4.78 is 10.5. The molecule has 3 aromatic rings. The highest BCUT2D eigenvalue weighted by atomic mass is 16.5. The van der Waals surface area contributed by atoms with E-state index in [0.717, 1.165) is 11.6 Å². The molecule has 0 fully saturated rings. The van der Waals surface area contributed by atoms with Crippen LogP contribution in [0.2, 0.25) is 0 Å². The number of hydrogen-bond acceptors (Lipinski definition) is 6. The number of aromatic nitrogens is 1. The third-order valence-corrected chi connectivity index (χ3v) is 3.79. The minimum atomic E-state index is -1.24. The van der Waals surface area contributed by atoms with E-state index in [0.29, 0.717) is 17.2 Å². The molecule has 1 aromatic heterocycles. The van der Waals surface area contributed by atoms with E-state index in [9.17, 15) is 14.7 Å². The van der Waals surface area contributed by atoms with Crippen molar-refractivity contribution in [2.45, 2.75) is 6.54 Å². The quantitative estimate of drug-likeness (QED) is 0.611. The monoisotopic (exact) mass is 368 g/mol. The first kappa shape index (κ1) is 18.0. The lowest BCUT2D eigenvalue weighted by Gasteiger charge is -2.05. The smallest absolute Gasteiger partial charge is 0.335 e. The molecule has 0 bridgehead atoms. The Morgan fingerprint density at radius 2 is 1.89 bits per heavy atom. The summed E-state index contributed by atoms with van der Waals surface area (Å²) in [7, 11) is 1.56. The number of ether oxygens (including phenoxy) is 1. The molecule has 27 heavy (non-hydrogen) atoms. The van der Waals surface area contributed by atoms with E-state index in [-0.39, 0.29) is 23.4 Å². The van der Waals surface area contributed by atoms with Gasteiger partial charge in [-0.3, -0.25) is 4.79 Å². The van der Waals surface area contributed by atoms with E-state index in [2.05, 4.69) is 10.5 Å². The van der Waals surface area contributed by atoms with Crippen LogP contribution >= 0.6 is 0 Å². The zero-order chi connectivity index (χ0) is 19.4. The van der Waals surface area contributed by atoms with Crippen LogP contribution in [-0.4, -0.2) is 34.4 Å². The lowest BCUT2D eigenvalue weighted by atomic mass is 10.1. The number of para-hydroxylation sites is 1. The van der Waals surface area contributed by atoms with Crippen LogP contribution in [0.5, 0.6) is 11.5 Å². The number of aromatic carboxylic acids is 1. The second kappa shape index (κ2) is 7.61. The first-order valence-electron chi connectivity index (χ1n) is 7.92. The molecular formula is C19H16N2O6. The average molecular weight is 368 g/mol. The molecule has 0 saturated carbocycles. The van der Waals surface area contributed by atoms with Gasteiger partial charge < -0.3 is 24.8 Å². The summed E-state index contributed by atoms with van der Waals surface area (Å²) in [5, 5.41) is 25.1. The predicted molar refractivity (Wildman–Crippen MR) is 94.7 cm³/mol. The molecule has 0 atom stereocenters. The molecule has 0 radical (unpaired) electrons. The van der Waals surface area contributed by atoms with Gasteiger partial charge in [0.25, 0.3) is 5.91 Å². The van der Waals surface area contributed by atoms with Crippen LogP contribution in [0, 0.1) is 0 Å². The maximum Gasteiger partial charge on any atom is 0.335 e. The zero-order valence-electron chi connectivity index (χ0n) is 14.3. The van der Waals surface area contributed by atoms with Gasteiger partial charge in [0.2, 0.25) is 0 Å². The van der Waals surface area contributed by atoms with Crippen molar-refractivity contribution in [3.8, 4) is 22.8 Å². The van der Waals surface area contributed by atoms with Crippen LogP contribution in [-0.2, 0) is 6.54 Å². The maximum absolute atomic E-state index is 12.2. The van der Waals surface area contributed by atoms with E-state index in [1.54, 1.807) is 19.2 Å². The summed E-state index contributed by atoms with van der Waals surface area (Å²) in [5.41, 5.74) is 1.15. The van der Waals surface area contributed by atoms with Crippen LogP contribution in [0.25, 0.3) is 11.3 Å². The van der Waals surface area contributed by atoms with Gasteiger partial charge in [0.05, 0.1) is 19.2 Å². The largest absolute Gasteiger partial charge is 0.508 e. The number of aromatic hydroxyl groups is 1. The van der Waals surface area contributed by atoms with Gasteiger partial charge in [-0.25, -0.2) is 4.79 Å². The van der Waals surface area contributed by atoms with Gasteiger partial charge in [0, 0.05) is 17.2 Å². The molecule has 1 heterocycles. The van der Waals surface area contributed by atoms with E-state index < -0.39 is 11.9 Å². The van der Waals surface area contributed by atoms with Gasteiger partial charge in [0.1, 0.15) is 17.2 Å². The Morgan fingerprint density at radius 1 is 1.15 bits per heavy atom. The van der Waals surface area contributed by atoms with Crippen molar-refractivity contribution < 1.29 is 29.1 Å². The fourth-order valence-electron chi connectivity index (χ4n) is 2.51. The lowest BCUT2D eigenvalue weighted by Crippen LogP contribution is -2.22. The average Bonchev–Trinajstić information content (AvgIpc) is 3.14. The zero-order valence-corrected chi connectivity index (χ0v) is 14.3. The highest BCUT2D eigenvalue weighted by Gasteiger charge is 2.14. The molecule has 3 rings (SSSR count). The number of rotatable bonds is 6. The molecule has 3 N–H and O–H groups in total. The van der Waals surface area contributed by atoms with E-state index in [1.165, 1.54) is 12.1 Å². The number of carbonyl (C=O) groups is 2. The number of carboxylic acids is 1. The summed E-state index contributed by atoms with van der Waals surface area (Å²) in [5.74, 6) is -1.05. The second-order valence-corrected chi connectivity index (χ2v) is 5.64. The Balaban J connectivity index is 1.72. The third kappa shape index (κ3) is 4.06. The molecule has 8 nitrogen and oxygen atoms in total. The van der Waals surface area contributed by atoms with Crippen LogP contribution < -0.4 is 10.1 Å². The molecule has 0 aliphatic rings. The number of carboxylic acid groups (broad SMARTS) is 1. The van der Waals surface area contributed by atoms with Gasteiger partial charge in [-0.05, 0) is 30.3 Å². The Hall–Kier alpha value is -3.81. The molecule has 8 heteroatoms. The Labute approximate surface area is 154 Å². The van der Waals surface area contributed by atoms with Crippen LogP contribution in [0.4, 0.5) is 0 Å². The van der Waals surface area contributed by atoms with E-state index in [4.69, 9.17) is 14.4 Å².